The molecule has 3 atom stereocenters. The van der Waals surface area contributed by atoms with Crippen LogP contribution in [0.3, 0.4) is 0 Å². The van der Waals surface area contributed by atoms with Crippen molar-refractivity contribution in [2.45, 2.75) is 70.2 Å². The highest BCUT2D eigenvalue weighted by Crippen LogP contribution is 2.05. The molecule has 0 aliphatic heterocycles. The van der Waals surface area contributed by atoms with Crippen LogP contribution >= 0.6 is 0 Å². The van der Waals surface area contributed by atoms with Gasteiger partial charge >= 0.3 is 5.97 Å². The summed E-state index contributed by atoms with van der Waals surface area (Å²) in [6.07, 6.45) is 15.8. The average Bonchev–Trinajstić information content (AvgIpc) is 2.57. The highest BCUT2D eigenvalue weighted by molar-refractivity contribution is 5.66. The van der Waals surface area contributed by atoms with E-state index in [4.69, 9.17) is 5.11 Å². The smallest absolute Gasteiger partial charge is 0.303 e. The molecular weight excluding hydrogens is 320 g/mol. The van der Waals surface area contributed by atoms with E-state index in [1.807, 2.05) is 43.4 Å². The Hall–Kier alpha value is -1.69. The molecule has 0 rings (SSSR count). The number of unbranched alkanes of at least 4 members (excludes halogenated alkanes) is 1. The van der Waals surface area contributed by atoms with Crippen LogP contribution in [0.5, 0.6) is 0 Å². The standard InChI is InChI=1S/C20H32O5/c1-2-3-9-13-18(22)19(23)16-15-17(21)12-10-7-5-4-6-8-11-14-20(24)25/h3-4,6-7,9-10,15-19,21-23H,2,5,8,11-14H2,1H3,(H,24,25)/b6-4-,9-3-,10-7-,16-15+. The van der Waals surface area contributed by atoms with Crippen LogP contribution in [0.4, 0.5) is 0 Å². The molecule has 0 spiro atoms. The monoisotopic (exact) mass is 352 g/mol. The third kappa shape index (κ3) is 15.6. The van der Waals surface area contributed by atoms with Crippen LogP contribution in [-0.4, -0.2) is 44.7 Å². The Bertz CT molecular complexity index is 451. The molecule has 4 N–H and O–H groups in total. The normalized spacial score (nSPS) is 16.3. The van der Waals surface area contributed by atoms with E-state index in [9.17, 15) is 20.1 Å². The molecule has 0 aromatic carbocycles. The molecule has 0 saturated heterocycles. The second kappa shape index (κ2) is 15.8. The topological polar surface area (TPSA) is 98.0 Å². The van der Waals surface area contributed by atoms with Crippen molar-refractivity contribution >= 4 is 5.97 Å². The first kappa shape index (κ1) is 23.3. The van der Waals surface area contributed by atoms with Crippen molar-refractivity contribution in [1.29, 1.82) is 0 Å². The van der Waals surface area contributed by atoms with Gasteiger partial charge in [0.1, 0.15) is 0 Å². The van der Waals surface area contributed by atoms with E-state index in [-0.39, 0.29) is 6.42 Å². The van der Waals surface area contributed by atoms with Gasteiger partial charge in [-0.15, -0.1) is 0 Å². The highest BCUT2D eigenvalue weighted by atomic mass is 16.4. The van der Waals surface area contributed by atoms with E-state index in [1.165, 1.54) is 12.2 Å². The van der Waals surface area contributed by atoms with Gasteiger partial charge in [-0.3, -0.25) is 4.79 Å². The van der Waals surface area contributed by atoms with Gasteiger partial charge in [0.2, 0.25) is 0 Å². The summed E-state index contributed by atoms with van der Waals surface area (Å²) in [4.78, 5) is 10.3. The first-order valence-corrected chi connectivity index (χ1v) is 8.86. The van der Waals surface area contributed by atoms with E-state index < -0.39 is 24.3 Å². The van der Waals surface area contributed by atoms with Crippen LogP contribution < -0.4 is 0 Å². The molecule has 0 aliphatic rings. The van der Waals surface area contributed by atoms with Gasteiger partial charge in [-0.25, -0.2) is 0 Å². The van der Waals surface area contributed by atoms with Crippen molar-refractivity contribution in [3.8, 4) is 0 Å². The fraction of sp³-hybridized carbons (Fsp3) is 0.550. The van der Waals surface area contributed by atoms with E-state index >= 15 is 0 Å². The summed E-state index contributed by atoms with van der Waals surface area (Å²) in [5.41, 5.74) is 0. The van der Waals surface area contributed by atoms with Crippen LogP contribution in [0.1, 0.15) is 51.9 Å². The minimum atomic E-state index is -0.992. The van der Waals surface area contributed by atoms with E-state index in [0.717, 1.165) is 19.3 Å². The van der Waals surface area contributed by atoms with Crippen molar-refractivity contribution in [1.82, 2.24) is 0 Å². The first-order chi connectivity index (χ1) is 12.0. The third-order valence-corrected chi connectivity index (χ3v) is 3.45. The Morgan fingerprint density at radius 3 is 2.28 bits per heavy atom. The lowest BCUT2D eigenvalue weighted by molar-refractivity contribution is -0.137. The number of hydrogen-bond acceptors (Lipinski definition) is 4. The number of carbonyl (C=O) groups is 1. The zero-order valence-electron chi connectivity index (χ0n) is 15.0. The van der Waals surface area contributed by atoms with Gasteiger partial charge < -0.3 is 20.4 Å². The second-order valence-electron chi connectivity index (χ2n) is 5.83. The quantitative estimate of drug-likeness (QED) is 0.284. The van der Waals surface area contributed by atoms with Gasteiger partial charge in [0.25, 0.3) is 0 Å². The summed E-state index contributed by atoms with van der Waals surface area (Å²) in [6.45, 7) is 2.00. The SMILES string of the molecule is CC/C=C\CC(O)C(O)/C=C/C(O)C/C=C\C/C=C\CCCC(=O)O. The van der Waals surface area contributed by atoms with E-state index in [2.05, 4.69) is 0 Å². The highest BCUT2D eigenvalue weighted by Gasteiger charge is 2.11. The maximum absolute atomic E-state index is 10.3. The molecule has 0 radical (unpaired) electrons. The lowest BCUT2D eigenvalue weighted by Crippen LogP contribution is -2.23. The second-order valence-corrected chi connectivity index (χ2v) is 5.83. The van der Waals surface area contributed by atoms with Crippen molar-refractivity contribution in [2.75, 3.05) is 0 Å². The molecule has 5 heteroatoms. The fourth-order valence-corrected chi connectivity index (χ4v) is 1.99. The molecule has 0 aromatic rings. The number of aliphatic hydroxyl groups is 3. The molecule has 0 aromatic heterocycles. The van der Waals surface area contributed by atoms with E-state index in [1.54, 1.807) is 0 Å². The molecule has 0 aliphatic carbocycles. The van der Waals surface area contributed by atoms with Gasteiger partial charge in [0, 0.05) is 6.42 Å². The van der Waals surface area contributed by atoms with E-state index in [0.29, 0.717) is 19.3 Å². The van der Waals surface area contributed by atoms with Crippen molar-refractivity contribution in [3.05, 3.63) is 48.6 Å². The molecular formula is C20H32O5. The number of hydrogen-bond donors (Lipinski definition) is 4. The van der Waals surface area contributed by atoms with Crippen molar-refractivity contribution in [2.24, 2.45) is 0 Å². The zero-order chi connectivity index (χ0) is 18.9. The number of rotatable bonds is 14. The predicted molar refractivity (Wildman–Crippen MR) is 100 cm³/mol. The number of carboxylic acids is 1. The summed E-state index contributed by atoms with van der Waals surface area (Å²) >= 11 is 0. The Balaban J connectivity index is 3.89. The Labute approximate surface area is 150 Å². The summed E-state index contributed by atoms with van der Waals surface area (Å²) in [7, 11) is 0. The number of aliphatic carboxylic acids is 1. The molecule has 5 nitrogen and oxygen atoms in total. The fourth-order valence-electron chi connectivity index (χ4n) is 1.99. The molecule has 0 bridgehead atoms. The van der Waals surface area contributed by atoms with Crippen LogP contribution in [-0.2, 0) is 4.79 Å². The maximum atomic E-state index is 10.3. The largest absolute Gasteiger partial charge is 0.481 e. The van der Waals surface area contributed by atoms with Crippen molar-refractivity contribution in [3.63, 3.8) is 0 Å². The Kier molecular flexibility index (Phi) is 14.7. The van der Waals surface area contributed by atoms with Crippen LogP contribution in [0, 0.1) is 0 Å². The Morgan fingerprint density at radius 1 is 0.920 bits per heavy atom. The van der Waals surface area contributed by atoms with Gasteiger partial charge in [0.05, 0.1) is 18.3 Å². The average molecular weight is 352 g/mol. The summed E-state index contributed by atoms with van der Waals surface area (Å²) < 4.78 is 0. The molecule has 0 fully saturated rings. The van der Waals surface area contributed by atoms with Gasteiger partial charge in [-0.1, -0.05) is 55.5 Å². The maximum Gasteiger partial charge on any atom is 0.303 e. The van der Waals surface area contributed by atoms with Gasteiger partial charge in [0.15, 0.2) is 0 Å². The molecule has 0 saturated carbocycles. The third-order valence-electron chi connectivity index (χ3n) is 3.45. The molecule has 142 valence electrons. The number of allylic oxidation sites excluding steroid dienone is 4. The summed E-state index contributed by atoms with van der Waals surface area (Å²) in [5.74, 6) is -0.773. The van der Waals surface area contributed by atoms with Crippen LogP contribution in [0.15, 0.2) is 48.6 Å². The molecule has 3 unspecified atom stereocenters. The number of aliphatic hydroxyl groups excluding tert-OH is 3. The van der Waals surface area contributed by atoms with Gasteiger partial charge in [-0.05, 0) is 38.5 Å². The minimum absolute atomic E-state index is 0.189. The summed E-state index contributed by atoms with van der Waals surface area (Å²) in [6, 6.07) is 0. The van der Waals surface area contributed by atoms with Crippen LogP contribution in [0.25, 0.3) is 0 Å². The predicted octanol–water partition coefficient (Wildman–Crippen LogP) is 3.13. The lowest BCUT2D eigenvalue weighted by Gasteiger charge is -2.12. The van der Waals surface area contributed by atoms with Crippen LogP contribution in [0.2, 0.25) is 0 Å². The van der Waals surface area contributed by atoms with Gasteiger partial charge in [-0.2, -0.15) is 0 Å². The molecule has 25 heavy (non-hydrogen) atoms. The molecule has 0 heterocycles. The summed E-state index contributed by atoms with van der Waals surface area (Å²) in [5, 5.41) is 37.8. The lowest BCUT2D eigenvalue weighted by atomic mass is 10.1. The first-order valence-electron chi connectivity index (χ1n) is 8.86. The zero-order valence-corrected chi connectivity index (χ0v) is 15.0. The Morgan fingerprint density at radius 2 is 1.60 bits per heavy atom. The molecule has 0 amide bonds. The number of carboxylic acid groups (broad SMARTS) is 1. The van der Waals surface area contributed by atoms with Crippen molar-refractivity contribution < 1.29 is 25.2 Å². The minimum Gasteiger partial charge on any atom is -0.481 e.